The number of carbonyl (C=O) groups excluding carboxylic acids is 4. The van der Waals surface area contributed by atoms with Crippen molar-refractivity contribution in [2.24, 2.45) is 11.8 Å². The van der Waals surface area contributed by atoms with Gasteiger partial charge in [-0.15, -0.1) is 0 Å². The molecular formula is C38H58N4O6. The fraction of sp³-hybridized carbons (Fsp3) is 0.579. The summed E-state index contributed by atoms with van der Waals surface area (Å²) in [7, 11) is 0. The fourth-order valence-electron chi connectivity index (χ4n) is 6.08. The number of aryl methyl sites for hydroxylation is 2. The average molecular weight is 667 g/mol. The highest BCUT2D eigenvalue weighted by Gasteiger charge is 2.25. The molecule has 4 amide bonds. The molecule has 2 rings (SSSR count). The third kappa shape index (κ3) is 13.2. The van der Waals surface area contributed by atoms with E-state index in [1.807, 2.05) is 26.0 Å². The monoisotopic (exact) mass is 666 g/mol. The minimum atomic E-state index is -0.574. The van der Waals surface area contributed by atoms with Gasteiger partial charge in [-0.05, 0) is 74.6 Å². The Bertz CT molecular complexity index is 1210. The van der Waals surface area contributed by atoms with E-state index in [0.29, 0.717) is 38.5 Å². The zero-order chi connectivity index (χ0) is 35.3. The van der Waals surface area contributed by atoms with E-state index < -0.39 is 23.7 Å². The van der Waals surface area contributed by atoms with Crippen molar-refractivity contribution in [2.75, 3.05) is 0 Å². The minimum absolute atomic E-state index is 0.133. The molecular weight excluding hydrogens is 608 g/mol. The number of hydrazine groups is 2. The zero-order valence-electron chi connectivity index (χ0n) is 29.5. The molecule has 0 spiro atoms. The molecule has 0 radical (unpaired) electrons. The van der Waals surface area contributed by atoms with Crippen molar-refractivity contribution >= 4 is 23.6 Å². The van der Waals surface area contributed by atoms with Gasteiger partial charge >= 0.3 is 0 Å². The van der Waals surface area contributed by atoms with Gasteiger partial charge in [-0.3, -0.25) is 40.9 Å². The third-order valence-electron chi connectivity index (χ3n) is 8.79. The lowest BCUT2D eigenvalue weighted by Gasteiger charge is -2.21. The highest BCUT2D eigenvalue weighted by Crippen LogP contribution is 2.25. The van der Waals surface area contributed by atoms with Crippen LogP contribution in [0.3, 0.4) is 0 Å². The molecule has 0 aliphatic carbocycles. The number of amides is 4. The fourth-order valence-corrected chi connectivity index (χ4v) is 6.08. The Kier molecular flexibility index (Phi) is 18.8. The second-order valence-electron chi connectivity index (χ2n) is 12.7. The molecule has 48 heavy (non-hydrogen) atoms. The number of nitrogens with one attached hydrogen (secondary N) is 4. The number of benzene rings is 2. The van der Waals surface area contributed by atoms with Crippen LogP contribution in [0.5, 0.6) is 11.5 Å². The number of unbranched alkanes of at least 4 members (excludes halogenated alkanes) is 6. The molecule has 0 fully saturated rings. The zero-order valence-corrected chi connectivity index (χ0v) is 29.5. The molecule has 10 nitrogen and oxygen atoms in total. The van der Waals surface area contributed by atoms with Gasteiger partial charge in [0.2, 0.25) is 11.8 Å². The number of rotatable bonds is 21. The molecule has 10 heteroatoms. The summed E-state index contributed by atoms with van der Waals surface area (Å²) in [5.74, 6) is -3.04. The van der Waals surface area contributed by atoms with E-state index in [1.54, 1.807) is 12.1 Å². The summed E-state index contributed by atoms with van der Waals surface area (Å²) in [5.41, 5.74) is 11.8. The van der Waals surface area contributed by atoms with E-state index in [2.05, 4.69) is 35.6 Å². The van der Waals surface area contributed by atoms with E-state index in [4.69, 9.17) is 0 Å². The number of phenolic OH excluding ortho intramolecular Hbond substituents is 2. The standard InChI is InChI=1S/C38H58N4O6/c1-5-9-11-13-19-27-21-15-23-31(43)33(27)37(47)41-39-35(45)29(17-7-3)25-26-30(18-8-4)36(46)40-42-38(48)34-28(20-14-12-10-6-2)22-16-24-32(34)44/h15-16,21-24,29-30,43-44H,5-14,17-20,25-26H2,1-4H3,(H,39,45)(H,40,46)(H,41,47)(H,42,48). The number of hydrogen-bond donors (Lipinski definition) is 6. The van der Waals surface area contributed by atoms with E-state index in [-0.39, 0.29) is 34.4 Å². The van der Waals surface area contributed by atoms with Gasteiger partial charge < -0.3 is 10.2 Å². The van der Waals surface area contributed by atoms with Crippen LogP contribution in [0.1, 0.15) is 149 Å². The minimum Gasteiger partial charge on any atom is -0.507 e. The molecule has 0 heterocycles. The lowest BCUT2D eigenvalue weighted by Crippen LogP contribution is -2.46. The van der Waals surface area contributed by atoms with Crippen LogP contribution in [0, 0.1) is 11.8 Å². The van der Waals surface area contributed by atoms with Crippen molar-refractivity contribution in [2.45, 2.75) is 130 Å². The van der Waals surface area contributed by atoms with Crippen LogP contribution >= 0.6 is 0 Å². The second-order valence-corrected chi connectivity index (χ2v) is 12.7. The van der Waals surface area contributed by atoms with Crippen molar-refractivity contribution in [1.82, 2.24) is 21.7 Å². The van der Waals surface area contributed by atoms with Gasteiger partial charge in [0.05, 0.1) is 11.1 Å². The Hall–Kier alpha value is -4.08. The Balaban J connectivity index is 1.99. The van der Waals surface area contributed by atoms with Gasteiger partial charge in [-0.2, -0.15) is 0 Å². The summed E-state index contributed by atoms with van der Waals surface area (Å²) in [6.07, 6.45) is 12.9. The quantitative estimate of drug-likeness (QED) is 0.0612. The average Bonchev–Trinajstić information content (AvgIpc) is 3.07. The summed E-state index contributed by atoms with van der Waals surface area (Å²) in [6.45, 7) is 8.19. The van der Waals surface area contributed by atoms with Crippen LogP contribution in [0.4, 0.5) is 0 Å². The predicted molar refractivity (Wildman–Crippen MR) is 189 cm³/mol. The van der Waals surface area contributed by atoms with Crippen molar-refractivity contribution in [1.29, 1.82) is 0 Å². The normalized spacial score (nSPS) is 12.2. The molecule has 2 atom stereocenters. The van der Waals surface area contributed by atoms with Crippen molar-refractivity contribution in [3.63, 3.8) is 0 Å². The van der Waals surface area contributed by atoms with Crippen LogP contribution < -0.4 is 21.7 Å². The summed E-state index contributed by atoms with van der Waals surface area (Å²) < 4.78 is 0. The van der Waals surface area contributed by atoms with Crippen molar-refractivity contribution in [3.05, 3.63) is 58.7 Å². The van der Waals surface area contributed by atoms with Gasteiger partial charge in [0.25, 0.3) is 11.8 Å². The smallest absolute Gasteiger partial charge is 0.273 e. The molecule has 0 saturated heterocycles. The summed E-state index contributed by atoms with van der Waals surface area (Å²) in [6, 6.07) is 9.99. The van der Waals surface area contributed by atoms with E-state index >= 15 is 0 Å². The maximum Gasteiger partial charge on any atom is 0.273 e. The molecule has 0 aliphatic heterocycles. The Morgan fingerprint density at radius 3 is 1.27 bits per heavy atom. The molecule has 266 valence electrons. The van der Waals surface area contributed by atoms with Crippen LogP contribution in [0.15, 0.2) is 36.4 Å². The highest BCUT2D eigenvalue weighted by molar-refractivity contribution is 6.00. The van der Waals surface area contributed by atoms with Gasteiger partial charge in [-0.1, -0.05) is 103 Å². The Morgan fingerprint density at radius 2 is 0.917 bits per heavy atom. The lowest BCUT2D eigenvalue weighted by atomic mass is 9.89. The number of phenols is 2. The first-order chi connectivity index (χ1) is 23.2. The first-order valence-electron chi connectivity index (χ1n) is 18.0. The largest absolute Gasteiger partial charge is 0.507 e. The van der Waals surface area contributed by atoms with E-state index in [9.17, 15) is 29.4 Å². The number of carbonyl (C=O) groups is 4. The van der Waals surface area contributed by atoms with Crippen LogP contribution in [-0.4, -0.2) is 33.8 Å². The van der Waals surface area contributed by atoms with Crippen molar-refractivity contribution in [3.8, 4) is 11.5 Å². The third-order valence-corrected chi connectivity index (χ3v) is 8.79. The van der Waals surface area contributed by atoms with Gasteiger partial charge in [-0.25, -0.2) is 0 Å². The first-order valence-corrected chi connectivity index (χ1v) is 18.0. The molecule has 2 aromatic carbocycles. The predicted octanol–water partition coefficient (Wildman–Crippen LogP) is 7.18. The van der Waals surface area contributed by atoms with Crippen LogP contribution in [0.2, 0.25) is 0 Å². The Labute approximate surface area is 286 Å². The van der Waals surface area contributed by atoms with Gasteiger partial charge in [0, 0.05) is 11.8 Å². The maximum atomic E-state index is 13.2. The molecule has 0 saturated carbocycles. The molecule has 2 aromatic rings. The number of hydrogen-bond acceptors (Lipinski definition) is 6. The SMILES string of the molecule is CCCCCCc1cccc(O)c1C(=O)NNC(=O)C(CCC)CCC(CCC)C(=O)NNC(=O)c1c(O)cccc1CCCCCC. The van der Waals surface area contributed by atoms with Crippen LogP contribution in [-0.2, 0) is 22.4 Å². The molecule has 6 N–H and O–H groups in total. The molecule has 0 bridgehead atoms. The van der Waals surface area contributed by atoms with E-state index in [0.717, 1.165) is 75.3 Å². The summed E-state index contributed by atoms with van der Waals surface area (Å²) in [5, 5.41) is 20.9. The van der Waals surface area contributed by atoms with E-state index in [1.165, 1.54) is 12.1 Å². The Morgan fingerprint density at radius 1 is 0.521 bits per heavy atom. The van der Waals surface area contributed by atoms with Gasteiger partial charge in [0.1, 0.15) is 11.5 Å². The lowest BCUT2D eigenvalue weighted by molar-refractivity contribution is -0.128. The molecule has 0 aliphatic rings. The summed E-state index contributed by atoms with van der Waals surface area (Å²) >= 11 is 0. The van der Waals surface area contributed by atoms with Crippen molar-refractivity contribution < 1.29 is 29.4 Å². The van der Waals surface area contributed by atoms with Gasteiger partial charge in [0.15, 0.2) is 0 Å². The second kappa shape index (κ2) is 22.5. The van der Waals surface area contributed by atoms with Crippen LogP contribution in [0.25, 0.3) is 0 Å². The maximum absolute atomic E-state index is 13.2. The first kappa shape index (κ1) is 40.1. The number of aromatic hydroxyl groups is 2. The highest BCUT2D eigenvalue weighted by atomic mass is 16.3. The summed E-state index contributed by atoms with van der Waals surface area (Å²) in [4.78, 5) is 52.5. The topological polar surface area (TPSA) is 157 Å². The molecule has 2 unspecified atom stereocenters. The molecule has 0 aromatic heterocycles.